The Labute approximate surface area is 167 Å². The van der Waals surface area contributed by atoms with E-state index in [1.807, 2.05) is 19.9 Å². The maximum Gasteiger partial charge on any atom is 0.182 e. The highest BCUT2D eigenvalue weighted by Gasteiger charge is 2.30. The van der Waals surface area contributed by atoms with Gasteiger partial charge in [0.05, 0.1) is 13.7 Å². The first-order chi connectivity index (χ1) is 13.5. The van der Waals surface area contributed by atoms with Crippen LogP contribution in [0, 0.1) is 25.7 Å². The first-order valence-corrected chi connectivity index (χ1v) is 10.5. The van der Waals surface area contributed by atoms with Gasteiger partial charge in [0, 0.05) is 36.0 Å². The largest absolute Gasteiger partial charge is 0.493 e. The number of benzene rings is 1. The van der Waals surface area contributed by atoms with Crippen molar-refractivity contribution >= 4 is 0 Å². The van der Waals surface area contributed by atoms with Gasteiger partial charge in [-0.05, 0) is 69.1 Å². The molecule has 0 amide bonds. The number of nitrogens with zero attached hydrogens (tertiary/aromatic N) is 1. The number of rotatable bonds is 8. The predicted molar refractivity (Wildman–Crippen MR) is 111 cm³/mol. The fourth-order valence-corrected chi connectivity index (χ4v) is 4.27. The lowest BCUT2D eigenvalue weighted by molar-refractivity contribution is 0.239. The van der Waals surface area contributed by atoms with Gasteiger partial charge >= 0.3 is 0 Å². The Kier molecular flexibility index (Phi) is 5.47. The minimum Gasteiger partial charge on any atom is -0.493 e. The van der Waals surface area contributed by atoms with E-state index in [0.29, 0.717) is 17.8 Å². The molecule has 4 heteroatoms. The van der Waals surface area contributed by atoms with E-state index < -0.39 is 0 Å². The summed E-state index contributed by atoms with van der Waals surface area (Å²) in [6.07, 6.45) is 6.40. The Morgan fingerprint density at radius 2 is 1.75 bits per heavy atom. The molecule has 1 unspecified atom stereocenters. The third kappa shape index (κ3) is 4.11. The van der Waals surface area contributed by atoms with Crippen molar-refractivity contribution in [2.24, 2.45) is 11.8 Å². The van der Waals surface area contributed by atoms with Gasteiger partial charge in [0.25, 0.3) is 0 Å². The molecule has 4 rings (SSSR count). The van der Waals surface area contributed by atoms with Crippen molar-refractivity contribution in [3.63, 3.8) is 0 Å². The molecule has 0 spiro atoms. The molecule has 1 atom stereocenters. The van der Waals surface area contributed by atoms with Crippen molar-refractivity contribution in [1.29, 1.82) is 0 Å². The predicted octanol–water partition coefficient (Wildman–Crippen LogP) is 4.85. The zero-order chi connectivity index (χ0) is 19.7. The van der Waals surface area contributed by atoms with E-state index in [2.05, 4.69) is 16.7 Å². The van der Waals surface area contributed by atoms with Crippen LogP contribution in [0.5, 0.6) is 11.5 Å². The SMILES string of the molecule is COc1ccc(C(Cn2c(C)cc(=O)cc2C)C2CCC2)cc1OCC1CC1. The molecule has 1 aromatic heterocycles. The molecule has 0 N–H and O–H groups in total. The Bertz CT molecular complexity index is 867. The Morgan fingerprint density at radius 1 is 1.04 bits per heavy atom. The number of methoxy groups -OCH3 is 1. The Hall–Kier alpha value is -2.23. The summed E-state index contributed by atoms with van der Waals surface area (Å²) in [6, 6.07) is 9.91. The highest BCUT2D eigenvalue weighted by atomic mass is 16.5. The second-order valence-corrected chi connectivity index (χ2v) is 8.55. The molecule has 4 nitrogen and oxygen atoms in total. The number of pyridine rings is 1. The molecule has 2 fully saturated rings. The molecule has 0 bridgehead atoms. The summed E-state index contributed by atoms with van der Waals surface area (Å²) in [5.74, 6) is 3.49. The average molecular weight is 382 g/mol. The van der Waals surface area contributed by atoms with Gasteiger partial charge in [0.1, 0.15) is 0 Å². The number of ether oxygens (including phenoxy) is 2. The highest BCUT2D eigenvalue weighted by molar-refractivity contribution is 5.44. The summed E-state index contributed by atoms with van der Waals surface area (Å²) in [5.41, 5.74) is 3.47. The fraction of sp³-hybridized carbons (Fsp3) is 0.542. The molecular weight excluding hydrogens is 350 g/mol. The van der Waals surface area contributed by atoms with Gasteiger partial charge in [0.2, 0.25) is 0 Å². The van der Waals surface area contributed by atoms with Crippen molar-refractivity contribution in [3.05, 3.63) is 57.5 Å². The van der Waals surface area contributed by atoms with Crippen LogP contribution >= 0.6 is 0 Å². The number of hydrogen-bond acceptors (Lipinski definition) is 3. The summed E-state index contributed by atoms with van der Waals surface area (Å²) < 4.78 is 13.9. The van der Waals surface area contributed by atoms with Crippen LogP contribution in [0.15, 0.2) is 35.1 Å². The van der Waals surface area contributed by atoms with Crippen molar-refractivity contribution in [2.45, 2.75) is 58.4 Å². The highest BCUT2D eigenvalue weighted by Crippen LogP contribution is 2.43. The molecule has 0 aliphatic heterocycles. The van der Waals surface area contributed by atoms with E-state index in [9.17, 15) is 4.79 Å². The molecule has 150 valence electrons. The molecule has 2 saturated carbocycles. The van der Waals surface area contributed by atoms with Gasteiger partial charge in [-0.25, -0.2) is 0 Å². The normalized spacial score (nSPS) is 17.8. The van der Waals surface area contributed by atoms with Gasteiger partial charge in [0.15, 0.2) is 16.9 Å². The third-order valence-corrected chi connectivity index (χ3v) is 6.44. The van der Waals surface area contributed by atoms with E-state index in [-0.39, 0.29) is 5.43 Å². The van der Waals surface area contributed by atoms with Crippen molar-refractivity contribution in [3.8, 4) is 11.5 Å². The van der Waals surface area contributed by atoms with Crippen LogP contribution in [-0.2, 0) is 6.54 Å². The topological polar surface area (TPSA) is 40.5 Å². The molecule has 2 aliphatic carbocycles. The summed E-state index contributed by atoms with van der Waals surface area (Å²) in [5, 5.41) is 0. The molecular formula is C24H31NO3. The minimum absolute atomic E-state index is 0.0895. The fourth-order valence-electron chi connectivity index (χ4n) is 4.27. The summed E-state index contributed by atoms with van der Waals surface area (Å²) in [4.78, 5) is 11.8. The maximum atomic E-state index is 11.8. The van der Waals surface area contributed by atoms with Gasteiger partial charge in [-0.15, -0.1) is 0 Å². The third-order valence-electron chi connectivity index (χ3n) is 6.44. The number of hydrogen-bond donors (Lipinski definition) is 0. The van der Waals surface area contributed by atoms with E-state index >= 15 is 0 Å². The second kappa shape index (κ2) is 8.02. The lowest BCUT2D eigenvalue weighted by Crippen LogP contribution is -2.26. The van der Waals surface area contributed by atoms with Gasteiger partial charge in [-0.3, -0.25) is 4.79 Å². The van der Waals surface area contributed by atoms with Crippen LogP contribution in [0.2, 0.25) is 0 Å². The molecule has 0 radical (unpaired) electrons. The van der Waals surface area contributed by atoms with E-state index in [4.69, 9.17) is 9.47 Å². The number of aryl methyl sites for hydroxylation is 2. The van der Waals surface area contributed by atoms with Crippen LogP contribution in [0.3, 0.4) is 0 Å². The Balaban J connectivity index is 1.64. The second-order valence-electron chi connectivity index (χ2n) is 8.55. The van der Waals surface area contributed by atoms with Crippen molar-refractivity contribution in [1.82, 2.24) is 4.57 Å². The van der Waals surface area contributed by atoms with E-state index in [1.165, 1.54) is 37.7 Å². The minimum atomic E-state index is 0.0895. The van der Waals surface area contributed by atoms with E-state index in [1.54, 1.807) is 19.2 Å². The van der Waals surface area contributed by atoms with Gasteiger partial charge < -0.3 is 14.0 Å². The lowest BCUT2D eigenvalue weighted by Gasteiger charge is -2.36. The smallest absolute Gasteiger partial charge is 0.182 e. The lowest BCUT2D eigenvalue weighted by atomic mass is 9.73. The van der Waals surface area contributed by atoms with Crippen LogP contribution in [0.1, 0.15) is 55.0 Å². The van der Waals surface area contributed by atoms with Crippen LogP contribution in [-0.4, -0.2) is 18.3 Å². The molecule has 1 aromatic carbocycles. The molecule has 28 heavy (non-hydrogen) atoms. The Morgan fingerprint density at radius 3 is 2.32 bits per heavy atom. The quantitative estimate of drug-likeness (QED) is 0.656. The zero-order valence-electron chi connectivity index (χ0n) is 17.2. The van der Waals surface area contributed by atoms with E-state index in [0.717, 1.165) is 36.0 Å². The monoisotopic (exact) mass is 381 g/mol. The molecule has 2 aliphatic rings. The van der Waals surface area contributed by atoms with Crippen LogP contribution in [0.4, 0.5) is 0 Å². The van der Waals surface area contributed by atoms with Gasteiger partial charge in [-0.2, -0.15) is 0 Å². The zero-order valence-corrected chi connectivity index (χ0v) is 17.2. The molecule has 2 aromatic rings. The van der Waals surface area contributed by atoms with Crippen LogP contribution in [0.25, 0.3) is 0 Å². The molecule has 0 saturated heterocycles. The summed E-state index contributed by atoms with van der Waals surface area (Å²) in [7, 11) is 1.70. The van der Waals surface area contributed by atoms with Gasteiger partial charge in [-0.1, -0.05) is 12.5 Å². The molecule has 1 heterocycles. The maximum absolute atomic E-state index is 11.8. The summed E-state index contributed by atoms with van der Waals surface area (Å²) in [6.45, 7) is 5.75. The number of aromatic nitrogens is 1. The standard InChI is InChI=1S/C24H31NO3/c1-16-11-21(26)12-17(2)25(16)14-22(19-5-4-6-19)20-9-10-23(27-3)24(13-20)28-15-18-7-8-18/h9-13,18-19,22H,4-8,14-15H2,1-3H3. The summed E-state index contributed by atoms with van der Waals surface area (Å²) >= 11 is 0. The van der Waals surface area contributed by atoms with Crippen molar-refractivity contribution < 1.29 is 9.47 Å². The van der Waals surface area contributed by atoms with Crippen molar-refractivity contribution in [2.75, 3.05) is 13.7 Å². The first-order valence-electron chi connectivity index (χ1n) is 10.5. The first kappa shape index (κ1) is 19.1. The average Bonchev–Trinajstić information content (AvgIpc) is 3.44. The van der Waals surface area contributed by atoms with Crippen LogP contribution < -0.4 is 14.9 Å².